The van der Waals surface area contributed by atoms with E-state index >= 15 is 0 Å². The maximum Gasteiger partial charge on any atom is 0.323 e. The molecule has 0 saturated carbocycles. The van der Waals surface area contributed by atoms with Crippen molar-refractivity contribution in [3.8, 4) is 5.75 Å². The van der Waals surface area contributed by atoms with Crippen LogP contribution in [-0.2, 0) is 9.53 Å². The summed E-state index contributed by atoms with van der Waals surface area (Å²) in [5, 5.41) is 9.05. The normalized spacial score (nSPS) is 20.2. The topological polar surface area (TPSA) is 59.0 Å². The Bertz CT molecular complexity index is 423. The Hall–Kier alpha value is -1.66. The molecule has 1 aromatic rings. The smallest absolute Gasteiger partial charge is 0.323 e. The van der Waals surface area contributed by atoms with Crippen LogP contribution < -0.4 is 4.74 Å². The first-order chi connectivity index (χ1) is 9.16. The third kappa shape index (κ3) is 3.90. The number of hydrogen-bond acceptors (Lipinski definition) is 4. The van der Waals surface area contributed by atoms with Gasteiger partial charge in [-0.15, -0.1) is 0 Å². The third-order valence-corrected chi connectivity index (χ3v) is 2.99. The van der Waals surface area contributed by atoms with Crippen molar-refractivity contribution in [3.63, 3.8) is 0 Å². The van der Waals surface area contributed by atoms with Gasteiger partial charge in [0, 0.05) is 13.1 Å². The molecule has 2 rings (SSSR count). The van der Waals surface area contributed by atoms with Crippen LogP contribution in [0.1, 0.15) is 0 Å². The molecule has 0 amide bonds. The molecular formula is C13H16FNO4. The zero-order chi connectivity index (χ0) is 13.7. The van der Waals surface area contributed by atoms with E-state index in [0.29, 0.717) is 32.1 Å². The van der Waals surface area contributed by atoms with Gasteiger partial charge in [0.05, 0.1) is 13.2 Å². The number of carbonyl (C=O) groups is 1. The second kappa shape index (κ2) is 6.49. The zero-order valence-electron chi connectivity index (χ0n) is 10.4. The maximum absolute atomic E-state index is 12.7. The van der Waals surface area contributed by atoms with E-state index < -0.39 is 12.0 Å². The fourth-order valence-corrected chi connectivity index (χ4v) is 1.94. The molecule has 0 bridgehead atoms. The Morgan fingerprint density at radius 1 is 1.47 bits per heavy atom. The van der Waals surface area contributed by atoms with Gasteiger partial charge < -0.3 is 14.6 Å². The molecule has 1 aliphatic rings. The summed E-state index contributed by atoms with van der Waals surface area (Å²) in [5.41, 5.74) is 0. The molecule has 0 spiro atoms. The molecule has 19 heavy (non-hydrogen) atoms. The Morgan fingerprint density at radius 3 is 2.89 bits per heavy atom. The molecule has 0 aliphatic carbocycles. The van der Waals surface area contributed by atoms with Crippen molar-refractivity contribution < 1.29 is 23.8 Å². The number of halogens is 1. The molecule has 1 atom stereocenters. The molecule has 5 nitrogen and oxygen atoms in total. The summed E-state index contributed by atoms with van der Waals surface area (Å²) in [6, 6.07) is 5.12. The van der Waals surface area contributed by atoms with Gasteiger partial charge in [-0.05, 0) is 24.3 Å². The minimum atomic E-state index is -0.888. The van der Waals surface area contributed by atoms with Gasteiger partial charge in [0.25, 0.3) is 0 Å². The molecule has 1 fully saturated rings. The van der Waals surface area contributed by atoms with Gasteiger partial charge in [0.1, 0.15) is 24.2 Å². The second-order valence-corrected chi connectivity index (χ2v) is 4.27. The van der Waals surface area contributed by atoms with Crippen molar-refractivity contribution in [2.24, 2.45) is 0 Å². The number of hydrogen-bond donors (Lipinski definition) is 1. The molecule has 0 aromatic heterocycles. The molecule has 1 heterocycles. The highest BCUT2D eigenvalue weighted by molar-refractivity contribution is 5.73. The SMILES string of the molecule is O=C(O)C1COCCN1CCOc1ccc(F)cc1. The average Bonchev–Trinajstić information content (AvgIpc) is 2.41. The van der Waals surface area contributed by atoms with E-state index in [2.05, 4.69) is 0 Å². The van der Waals surface area contributed by atoms with Crippen LogP contribution in [0.5, 0.6) is 5.75 Å². The van der Waals surface area contributed by atoms with Crippen molar-refractivity contribution in [1.29, 1.82) is 0 Å². The number of nitrogens with zero attached hydrogens (tertiary/aromatic N) is 1. The Morgan fingerprint density at radius 2 is 2.21 bits per heavy atom. The second-order valence-electron chi connectivity index (χ2n) is 4.27. The standard InChI is InChI=1S/C13H16FNO4/c14-10-1-3-11(4-2-10)19-8-6-15-5-7-18-9-12(15)13(16)17/h1-4,12H,5-9H2,(H,16,17). The monoisotopic (exact) mass is 269 g/mol. The van der Waals surface area contributed by atoms with E-state index in [1.165, 1.54) is 12.1 Å². The summed E-state index contributed by atoms with van der Waals surface area (Å²) in [4.78, 5) is 12.8. The lowest BCUT2D eigenvalue weighted by Crippen LogP contribution is -2.51. The number of carboxylic acids is 1. The van der Waals surface area contributed by atoms with Crippen LogP contribution in [-0.4, -0.2) is 54.9 Å². The van der Waals surface area contributed by atoms with Gasteiger partial charge in [0.2, 0.25) is 0 Å². The minimum Gasteiger partial charge on any atom is -0.492 e. The average molecular weight is 269 g/mol. The molecule has 1 saturated heterocycles. The molecule has 1 aromatic carbocycles. The molecule has 6 heteroatoms. The number of aliphatic carboxylic acids is 1. The van der Waals surface area contributed by atoms with Gasteiger partial charge >= 0.3 is 5.97 Å². The van der Waals surface area contributed by atoms with Crippen LogP contribution in [0.25, 0.3) is 0 Å². The molecule has 0 radical (unpaired) electrons. The predicted octanol–water partition coefficient (Wildman–Crippen LogP) is 0.990. The van der Waals surface area contributed by atoms with Crippen molar-refractivity contribution in [2.45, 2.75) is 6.04 Å². The van der Waals surface area contributed by atoms with E-state index in [1.54, 1.807) is 12.1 Å². The molecule has 104 valence electrons. The quantitative estimate of drug-likeness (QED) is 0.864. The van der Waals surface area contributed by atoms with Crippen LogP contribution in [0.15, 0.2) is 24.3 Å². The van der Waals surface area contributed by atoms with Crippen LogP contribution in [0.3, 0.4) is 0 Å². The fourth-order valence-electron chi connectivity index (χ4n) is 1.94. The predicted molar refractivity (Wildman–Crippen MR) is 65.7 cm³/mol. The first-order valence-electron chi connectivity index (χ1n) is 6.10. The Balaban J connectivity index is 1.80. The maximum atomic E-state index is 12.7. The van der Waals surface area contributed by atoms with Gasteiger partial charge in [-0.25, -0.2) is 4.39 Å². The number of carboxylic acid groups (broad SMARTS) is 1. The zero-order valence-corrected chi connectivity index (χ0v) is 10.4. The first kappa shape index (κ1) is 13.8. The van der Waals surface area contributed by atoms with E-state index in [1.807, 2.05) is 4.90 Å². The molecule has 1 N–H and O–H groups in total. The minimum absolute atomic E-state index is 0.200. The van der Waals surface area contributed by atoms with Gasteiger partial charge in [0.15, 0.2) is 0 Å². The third-order valence-electron chi connectivity index (χ3n) is 2.99. The summed E-state index contributed by atoms with van der Waals surface area (Å²) in [6.07, 6.45) is 0. The largest absolute Gasteiger partial charge is 0.492 e. The summed E-state index contributed by atoms with van der Waals surface area (Å²) in [5.74, 6) is -0.630. The lowest BCUT2D eigenvalue weighted by molar-refractivity contribution is -0.149. The summed E-state index contributed by atoms with van der Waals surface area (Å²) in [6.45, 7) is 2.16. The van der Waals surface area contributed by atoms with Crippen molar-refractivity contribution in [2.75, 3.05) is 32.9 Å². The fraction of sp³-hybridized carbons (Fsp3) is 0.462. The van der Waals surface area contributed by atoms with E-state index in [9.17, 15) is 9.18 Å². The summed E-state index contributed by atoms with van der Waals surface area (Å²) < 4.78 is 23.3. The van der Waals surface area contributed by atoms with Crippen LogP contribution >= 0.6 is 0 Å². The van der Waals surface area contributed by atoms with Gasteiger partial charge in [-0.2, -0.15) is 0 Å². The van der Waals surface area contributed by atoms with Crippen molar-refractivity contribution in [3.05, 3.63) is 30.1 Å². The van der Waals surface area contributed by atoms with E-state index in [4.69, 9.17) is 14.6 Å². The van der Waals surface area contributed by atoms with E-state index in [0.717, 1.165) is 0 Å². The van der Waals surface area contributed by atoms with E-state index in [-0.39, 0.29) is 12.4 Å². The highest BCUT2D eigenvalue weighted by atomic mass is 19.1. The molecule has 1 aliphatic heterocycles. The number of morpholine rings is 1. The van der Waals surface area contributed by atoms with Crippen LogP contribution in [0.2, 0.25) is 0 Å². The lowest BCUT2D eigenvalue weighted by atomic mass is 10.2. The summed E-state index contributed by atoms with van der Waals surface area (Å²) >= 11 is 0. The van der Waals surface area contributed by atoms with Gasteiger partial charge in [-0.3, -0.25) is 9.69 Å². The highest BCUT2D eigenvalue weighted by Crippen LogP contribution is 2.12. The number of rotatable bonds is 5. The Labute approximate surface area is 110 Å². The molecule has 1 unspecified atom stereocenters. The first-order valence-corrected chi connectivity index (χ1v) is 6.10. The number of ether oxygens (including phenoxy) is 2. The lowest BCUT2D eigenvalue weighted by Gasteiger charge is -2.32. The van der Waals surface area contributed by atoms with Gasteiger partial charge in [-0.1, -0.05) is 0 Å². The number of benzene rings is 1. The van der Waals surface area contributed by atoms with Crippen molar-refractivity contribution in [1.82, 2.24) is 4.90 Å². The van der Waals surface area contributed by atoms with Crippen LogP contribution in [0, 0.1) is 5.82 Å². The Kier molecular flexibility index (Phi) is 4.70. The highest BCUT2D eigenvalue weighted by Gasteiger charge is 2.28. The summed E-state index contributed by atoms with van der Waals surface area (Å²) in [7, 11) is 0. The van der Waals surface area contributed by atoms with Crippen LogP contribution in [0.4, 0.5) is 4.39 Å². The molecular weight excluding hydrogens is 253 g/mol. The van der Waals surface area contributed by atoms with Crippen molar-refractivity contribution >= 4 is 5.97 Å².